The van der Waals surface area contributed by atoms with E-state index in [-0.39, 0.29) is 35.3 Å². The number of hydrogen-bond acceptors (Lipinski definition) is 4. The summed E-state index contributed by atoms with van der Waals surface area (Å²) in [6.45, 7) is 3.80. The number of ether oxygens (including phenoxy) is 1. The van der Waals surface area contributed by atoms with Crippen LogP contribution in [0.1, 0.15) is 62.7 Å². The predicted molar refractivity (Wildman–Crippen MR) is 120 cm³/mol. The van der Waals surface area contributed by atoms with Gasteiger partial charge in [-0.05, 0) is 45.1 Å². The molecule has 1 amide bonds. The zero-order valence-electron chi connectivity index (χ0n) is 18.8. The average Bonchev–Trinajstić information content (AvgIpc) is 3.26. The minimum absolute atomic E-state index is 0.0877. The maximum Gasteiger partial charge on any atom is 0.411 e. The quantitative estimate of drug-likeness (QED) is 0.592. The van der Waals surface area contributed by atoms with Crippen LogP contribution in [-0.4, -0.2) is 32.2 Å². The summed E-state index contributed by atoms with van der Waals surface area (Å²) < 4.78 is 35.9. The molecule has 34 heavy (non-hydrogen) atoms. The van der Waals surface area contributed by atoms with Crippen molar-refractivity contribution in [1.29, 1.82) is 5.26 Å². The lowest BCUT2D eigenvalue weighted by Gasteiger charge is -2.38. The van der Waals surface area contributed by atoms with Crippen molar-refractivity contribution in [3.05, 3.63) is 69.6 Å². The van der Waals surface area contributed by atoms with Crippen molar-refractivity contribution in [2.24, 2.45) is 0 Å². The van der Waals surface area contributed by atoms with Gasteiger partial charge in [-0.2, -0.15) is 5.26 Å². The van der Waals surface area contributed by atoms with Gasteiger partial charge in [0.25, 0.3) is 0 Å². The van der Waals surface area contributed by atoms with Crippen molar-refractivity contribution < 1.29 is 18.3 Å². The van der Waals surface area contributed by atoms with E-state index in [0.29, 0.717) is 25.7 Å². The highest BCUT2D eigenvalue weighted by atomic mass is 19.1. The maximum atomic E-state index is 14.6. The number of benzene rings is 2. The SMILES string of the molecule is CC1(C)OC(=O)N(C2CCC(n3c(=O)[nH]c4c(F)c(C#N)c(F)cc43)CC2)[C@H]1c1ccccc1. The zero-order chi connectivity index (χ0) is 24.2. The van der Waals surface area contributed by atoms with Gasteiger partial charge >= 0.3 is 11.8 Å². The molecule has 1 saturated heterocycles. The molecule has 9 heteroatoms. The molecule has 7 nitrogen and oxygen atoms in total. The number of carbonyl (C=O) groups is 1. The molecular formula is C25H24F2N4O3. The van der Waals surface area contributed by atoms with Crippen LogP contribution >= 0.6 is 0 Å². The molecule has 5 rings (SSSR count). The van der Waals surface area contributed by atoms with E-state index in [4.69, 9.17) is 10.00 Å². The van der Waals surface area contributed by atoms with Crippen molar-refractivity contribution in [2.75, 3.05) is 0 Å². The van der Waals surface area contributed by atoms with E-state index >= 15 is 0 Å². The average molecular weight is 466 g/mol. The second-order valence-electron chi connectivity index (χ2n) is 9.51. The first kappa shape index (κ1) is 22.1. The van der Waals surface area contributed by atoms with Crippen LogP contribution in [0, 0.1) is 23.0 Å². The lowest BCUT2D eigenvalue weighted by molar-refractivity contribution is 0.0662. The Morgan fingerprint density at radius 3 is 2.38 bits per heavy atom. The number of aromatic nitrogens is 2. The number of rotatable bonds is 3. The van der Waals surface area contributed by atoms with E-state index < -0.39 is 28.5 Å². The van der Waals surface area contributed by atoms with Crippen molar-refractivity contribution >= 4 is 17.1 Å². The molecule has 2 fully saturated rings. The van der Waals surface area contributed by atoms with Crippen LogP contribution in [-0.2, 0) is 4.74 Å². The largest absolute Gasteiger partial charge is 0.441 e. The number of nitriles is 1. The van der Waals surface area contributed by atoms with Crippen LogP contribution in [0.2, 0.25) is 0 Å². The van der Waals surface area contributed by atoms with Crippen LogP contribution in [0.5, 0.6) is 0 Å². The molecule has 2 heterocycles. The first-order valence-corrected chi connectivity index (χ1v) is 11.3. The van der Waals surface area contributed by atoms with Gasteiger partial charge < -0.3 is 9.72 Å². The third kappa shape index (κ3) is 3.36. The summed E-state index contributed by atoms with van der Waals surface area (Å²) in [4.78, 5) is 29.8. The molecule has 1 N–H and O–H groups in total. The molecule has 0 unspecified atom stereocenters. The molecule has 176 valence electrons. The molecule has 1 aliphatic heterocycles. The third-order valence-electron chi connectivity index (χ3n) is 7.06. The minimum atomic E-state index is -1.06. The molecule has 1 aromatic heterocycles. The van der Waals surface area contributed by atoms with E-state index in [1.54, 1.807) is 0 Å². The number of aromatic amines is 1. The first-order valence-electron chi connectivity index (χ1n) is 11.3. The van der Waals surface area contributed by atoms with E-state index in [1.165, 1.54) is 10.6 Å². The second kappa shape index (κ2) is 7.97. The highest BCUT2D eigenvalue weighted by Gasteiger charge is 2.51. The molecule has 1 saturated carbocycles. The van der Waals surface area contributed by atoms with Crippen molar-refractivity contribution in [3.8, 4) is 6.07 Å². The standard InChI is InChI=1S/C25H24F2N4O3/c1-25(2)22(14-6-4-3-5-7-14)31(24(33)34-25)16-10-8-15(9-11-16)30-19-12-18(26)17(13-28)20(27)21(19)29-23(30)32/h3-7,12,15-16,22H,8-11H2,1-2H3,(H,29,32)/t15?,16?,22-/m0/s1. The number of H-pyrrole nitrogens is 1. The Kier molecular flexibility index (Phi) is 5.19. The van der Waals surface area contributed by atoms with Gasteiger partial charge in [0.15, 0.2) is 5.82 Å². The summed E-state index contributed by atoms with van der Waals surface area (Å²) >= 11 is 0. The summed E-state index contributed by atoms with van der Waals surface area (Å²) in [5.41, 5.74) is -1.03. The summed E-state index contributed by atoms with van der Waals surface area (Å²) in [5, 5.41) is 9.01. The Labute approximate surface area is 194 Å². The normalized spacial score (nSPS) is 24.3. The fourth-order valence-electron chi connectivity index (χ4n) is 5.58. The van der Waals surface area contributed by atoms with Crippen molar-refractivity contribution in [3.63, 3.8) is 0 Å². The number of carbonyl (C=O) groups excluding carboxylic acids is 1. The summed E-state index contributed by atoms with van der Waals surface area (Å²) in [5.74, 6) is -2.06. The lowest BCUT2D eigenvalue weighted by atomic mass is 9.86. The third-order valence-corrected chi connectivity index (χ3v) is 7.06. The molecular weight excluding hydrogens is 442 g/mol. The number of amides is 1. The minimum Gasteiger partial charge on any atom is -0.441 e. The van der Waals surface area contributed by atoms with Crippen LogP contribution in [0.4, 0.5) is 13.6 Å². The van der Waals surface area contributed by atoms with E-state index in [1.807, 2.05) is 49.1 Å². The first-order chi connectivity index (χ1) is 16.2. The van der Waals surface area contributed by atoms with Crippen molar-refractivity contribution in [2.45, 2.75) is 63.3 Å². The second-order valence-corrected chi connectivity index (χ2v) is 9.51. The highest BCUT2D eigenvalue weighted by Crippen LogP contribution is 2.45. The fourth-order valence-corrected chi connectivity index (χ4v) is 5.58. The molecule has 0 bridgehead atoms. The Balaban J connectivity index is 1.43. The summed E-state index contributed by atoms with van der Waals surface area (Å²) in [6.07, 6.45) is 1.96. The van der Waals surface area contributed by atoms with Gasteiger partial charge in [0.2, 0.25) is 0 Å². The van der Waals surface area contributed by atoms with Gasteiger partial charge in [-0.25, -0.2) is 18.4 Å². The van der Waals surface area contributed by atoms with Gasteiger partial charge in [-0.15, -0.1) is 0 Å². The molecule has 2 aliphatic rings. The Morgan fingerprint density at radius 1 is 1.09 bits per heavy atom. The molecule has 0 spiro atoms. The van der Waals surface area contributed by atoms with E-state index in [9.17, 15) is 18.4 Å². The molecule has 1 atom stereocenters. The Bertz CT molecular complexity index is 1360. The number of nitrogens with zero attached hydrogens (tertiary/aromatic N) is 3. The number of fused-ring (bicyclic) bond motifs is 1. The predicted octanol–water partition coefficient (Wildman–Crippen LogP) is 4.94. The van der Waals surface area contributed by atoms with Gasteiger partial charge in [0.05, 0.1) is 11.6 Å². The van der Waals surface area contributed by atoms with Gasteiger partial charge in [0.1, 0.15) is 28.6 Å². The van der Waals surface area contributed by atoms with E-state index in [0.717, 1.165) is 11.6 Å². The molecule has 1 aliphatic carbocycles. The summed E-state index contributed by atoms with van der Waals surface area (Å²) in [7, 11) is 0. The number of halogens is 2. The van der Waals surface area contributed by atoms with Gasteiger partial charge in [-0.1, -0.05) is 30.3 Å². The maximum absolute atomic E-state index is 14.6. The molecule has 0 radical (unpaired) electrons. The summed E-state index contributed by atoms with van der Waals surface area (Å²) in [6, 6.07) is 11.7. The van der Waals surface area contributed by atoms with Crippen LogP contribution in [0.25, 0.3) is 11.0 Å². The fraction of sp³-hybridized carbons (Fsp3) is 0.400. The smallest absolute Gasteiger partial charge is 0.411 e. The van der Waals surface area contributed by atoms with Crippen LogP contribution in [0.3, 0.4) is 0 Å². The van der Waals surface area contributed by atoms with Gasteiger partial charge in [0, 0.05) is 18.2 Å². The number of imidazole rings is 1. The number of hydrogen-bond donors (Lipinski definition) is 1. The number of cyclic esters (lactones) is 1. The van der Waals surface area contributed by atoms with Gasteiger partial charge in [-0.3, -0.25) is 9.47 Å². The molecule has 3 aromatic rings. The van der Waals surface area contributed by atoms with Crippen LogP contribution < -0.4 is 5.69 Å². The lowest BCUT2D eigenvalue weighted by Crippen LogP contribution is -2.43. The van der Waals surface area contributed by atoms with Crippen molar-refractivity contribution in [1.82, 2.24) is 14.5 Å². The van der Waals surface area contributed by atoms with E-state index in [2.05, 4.69) is 4.98 Å². The molecule has 2 aromatic carbocycles. The Morgan fingerprint density at radius 2 is 1.74 bits per heavy atom. The Hall–Kier alpha value is -3.67. The zero-order valence-corrected chi connectivity index (χ0v) is 18.8. The monoisotopic (exact) mass is 466 g/mol. The van der Waals surface area contributed by atoms with Crippen LogP contribution in [0.15, 0.2) is 41.2 Å². The number of nitrogens with one attached hydrogen (secondary N) is 1. The topological polar surface area (TPSA) is 91.1 Å². The highest BCUT2D eigenvalue weighted by molar-refractivity contribution is 5.78.